The molecule has 2 bridgehead atoms. The molecule has 0 saturated carbocycles. The molecule has 106 valence electrons. The Bertz CT molecular complexity index is 434. The van der Waals surface area contributed by atoms with Crippen molar-refractivity contribution in [1.29, 1.82) is 0 Å². The van der Waals surface area contributed by atoms with Crippen molar-refractivity contribution in [1.82, 2.24) is 15.2 Å². The van der Waals surface area contributed by atoms with Gasteiger partial charge in [0.25, 0.3) is 0 Å². The van der Waals surface area contributed by atoms with Crippen LogP contribution in [0.2, 0.25) is 0 Å². The van der Waals surface area contributed by atoms with Crippen LogP contribution in [0.15, 0.2) is 5.38 Å². The summed E-state index contributed by atoms with van der Waals surface area (Å²) in [5, 5.41) is 7.39. The normalized spacial score (nSPS) is 34.1. The smallest absolute Gasteiger partial charge is 0.115 e. The van der Waals surface area contributed by atoms with E-state index in [-0.39, 0.29) is 5.54 Å². The molecule has 1 N–H and O–H groups in total. The summed E-state index contributed by atoms with van der Waals surface area (Å²) in [5.41, 5.74) is 1.39. The lowest BCUT2D eigenvalue weighted by molar-refractivity contribution is 0.00395. The van der Waals surface area contributed by atoms with Gasteiger partial charge in [-0.1, -0.05) is 20.8 Å². The van der Waals surface area contributed by atoms with Gasteiger partial charge in [-0.3, -0.25) is 0 Å². The molecule has 1 unspecified atom stereocenters. The zero-order valence-electron chi connectivity index (χ0n) is 12.3. The predicted molar refractivity (Wildman–Crippen MR) is 80.7 cm³/mol. The van der Waals surface area contributed by atoms with Crippen LogP contribution in [0.25, 0.3) is 0 Å². The fraction of sp³-hybridized carbons (Fsp3) is 0.800. The fourth-order valence-corrected chi connectivity index (χ4v) is 4.88. The minimum atomic E-state index is 0.128. The van der Waals surface area contributed by atoms with E-state index < -0.39 is 0 Å². The molecule has 4 heterocycles. The number of piperidine rings is 3. The number of hydrogen-bond donors (Lipinski definition) is 1. The Labute approximate surface area is 120 Å². The molecule has 3 nitrogen and oxygen atoms in total. The second-order valence-corrected chi connectivity index (χ2v) is 7.14. The number of hydrogen-bond acceptors (Lipinski definition) is 4. The highest BCUT2D eigenvalue weighted by atomic mass is 32.1. The van der Waals surface area contributed by atoms with Gasteiger partial charge in [-0.2, -0.15) is 0 Å². The van der Waals surface area contributed by atoms with Crippen LogP contribution >= 0.6 is 11.3 Å². The van der Waals surface area contributed by atoms with Crippen molar-refractivity contribution in [3.63, 3.8) is 0 Å². The van der Waals surface area contributed by atoms with Gasteiger partial charge in [0.15, 0.2) is 0 Å². The summed E-state index contributed by atoms with van der Waals surface area (Å²) in [6.07, 6.45) is 2.65. The molecule has 3 fully saturated rings. The monoisotopic (exact) mass is 279 g/mol. The highest BCUT2D eigenvalue weighted by Gasteiger charge is 2.49. The molecule has 0 amide bonds. The van der Waals surface area contributed by atoms with Gasteiger partial charge < -0.3 is 10.2 Å². The lowest BCUT2D eigenvalue weighted by Crippen LogP contribution is -2.63. The molecule has 1 aromatic heterocycles. The first kappa shape index (κ1) is 13.5. The van der Waals surface area contributed by atoms with Crippen molar-refractivity contribution >= 4 is 11.3 Å². The quantitative estimate of drug-likeness (QED) is 0.918. The van der Waals surface area contributed by atoms with Gasteiger partial charge in [-0.15, -0.1) is 11.3 Å². The van der Waals surface area contributed by atoms with E-state index in [9.17, 15) is 0 Å². The van der Waals surface area contributed by atoms with E-state index in [4.69, 9.17) is 4.98 Å². The van der Waals surface area contributed by atoms with Crippen LogP contribution in [0.1, 0.15) is 50.2 Å². The first-order valence-electron chi connectivity index (χ1n) is 7.59. The molecule has 3 saturated heterocycles. The topological polar surface area (TPSA) is 28.2 Å². The molecule has 3 aliphatic heterocycles. The van der Waals surface area contributed by atoms with Gasteiger partial charge in [0, 0.05) is 11.9 Å². The highest BCUT2D eigenvalue weighted by Crippen LogP contribution is 2.43. The molecule has 4 rings (SSSR count). The van der Waals surface area contributed by atoms with E-state index in [1.807, 2.05) is 11.3 Å². The number of nitrogens with zero attached hydrogens (tertiary/aromatic N) is 2. The Balaban J connectivity index is 1.95. The Morgan fingerprint density at radius 1 is 1.47 bits per heavy atom. The first-order chi connectivity index (χ1) is 9.15. The Hall–Kier alpha value is -0.450. The largest absolute Gasteiger partial charge is 0.304 e. The number of thiazole rings is 1. The third-order valence-corrected chi connectivity index (χ3v) is 5.78. The van der Waals surface area contributed by atoms with Crippen LogP contribution in [0.3, 0.4) is 0 Å². The molecule has 0 aromatic carbocycles. The maximum atomic E-state index is 4.97. The molecule has 0 radical (unpaired) electrons. The highest BCUT2D eigenvalue weighted by molar-refractivity contribution is 7.09. The van der Waals surface area contributed by atoms with E-state index in [1.54, 1.807) is 0 Å². The van der Waals surface area contributed by atoms with Crippen molar-refractivity contribution in [2.24, 2.45) is 5.92 Å². The summed E-state index contributed by atoms with van der Waals surface area (Å²) in [6, 6.07) is 0. The van der Waals surface area contributed by atoms with Crippen LogP contribution in [-0.4, -0.2) is 36.1 Å². The van der Waals surface area contributed by atoms with Gasteiger partial charge in [0.05, 0.1) is 11.2 Å². The molecule has 0 aliphatic carbocycles. The lowest BCUT2D eigenvalue weighted by Gasteiger charge is -2.52. The maximum Gasteiger partial charge on any atom is 0.115 e. The molecular formula is C15H25N3S. The van der Waals surface area contributed by atoms with E-state index in [1.165, 1.54) is 36.6 Å². The summed E-state index contributed by atoms with van der Waals surface area (Å²) in [7, 11) is 0. The third kappa shape index (κ3) is 2.24. The minimum absolute atomic E-state index is 0.128. The summed E-state index contributed by atoms with van der Waals surface area (Å²) in [5.74, 6) is 1.30. The van der Waals surface area contributed by atoms with E-state index in [0.29, 0.717) is 5.92 Å². The lowest BCUT2D eigenvalue weighted by atomic mass is 9.73. The summed E-state index contributed by atoms with van der Waals surface area (Å²) >= 11 is 1.86. The maximum absolute atomic E-state index is 4.97. The zero-order chi connectivity index (χ0) is 13.5. The molecular weight excluding hydrogens is 254 g/mol. The average Bonchev–Trinajstić information content (AvgIpc) is 2.90. The molecule has 0 spiro atoms. The first-order valence-corrected chi connectivity index (χ1v) is 8.47. The average molecular weight is 279 g/mol. The SMILES string of the molecule is CCNC1(c2nc(C(C)C)cs2)CN2CCC1CC2. The standard InChI is InChI=1S/C15H25N3S/c1-4-16-15(10-18-7-5-12(15)6-8-18)14-17-13(9-19-14)11(2)3/h9,11-12,16H,4-8,10H2,1-3H3. The fourth-order valence-electron chi connectivity index (χ4n) is 3.66. The van der Waals surface area contributed by atoms with Gasteiger partial charge >= 0.3 is 0 Å². The van der Waals surface area contributed by atoms with Crippen LogP contribution in [0.4, 0.5) is 0 Å². The second-order valence-electron chi connectivity index (χ2n) is 6.28. The van der Waals surface area contributed by atoms with Crippen molar-refractivity contribution in [2.75, 3.05) is 26.2 Å². The van der Waals surface area contributed by atoms with Gasteiger partial charge in [0.1, 0.15) is 5.01 Å². The number of aromatic nitrogens is 1. The summed E-state index contributed by atoms with van der Waals surface area (Å²) < 4.78 is 0. The van der Waals surface area contributed by atoms with Crippen LogP contribution in [0.5, 0.6) is 0 Å². The van der Waals surface area contributed by atoms with E-state index in [2.05, 4.69) is 36.4 Å². The summed E-state index contributed by atoms with van der Waals surface area (Å²) in [6.45, 7) is 11.4. The van der Waals surface area contributed by atoms with Crippen molar-refractivity contribution in [3.05, 3.63) is 16.1 Å². The Kier molecular flexibility index (Phi) is 3.67. The number of nitrogens with one attached hydrogen (secondary N) is 1. The van der Waals surface area contributed by atoms with E-state index >= 15 is 0 Å². The van der Waals surface area contributed by atoms with Crippen LogP contribution in [0, 0.1) is 5.92 Å². The number of fused-ring (bicyclic) bond motifs is 3. The molecule has 19 heavy (non-hydrogen) atoms. The van der Waals surface area contributed by atoms with Gasteiger partial charge in [-0.05, 0) is 44.3 Å². The number of rotatable bonds is 4. The second kappa shape index (κ2) is 5.15. The van der Waals surface area contributed by atoms with E-state index in [0.717, 1.165) is 19.0 Å². The van der Waals surface area contributed by atoms with Crippen molar-refractivity contribution in [3.8, 4) is 0 Å². The predicted octanol–water partition coefficient (Wildman–Crippen LogP) is 2.80. The Morgan fingerprint density at radius 2 is 2.21 bits per heavy atom. The summed E-state index contributed by atoms with van der Waals surface area (Å²) in [4.78, 5) is 7.58. The van der Waals surface area contributed by atoms with Crippen LogP contribution < -0.4 is 5.32 Å². The Morgan fingerprint density at radius 3 is 2.68 bits per heavy atom. The van der Waals surface area contributed by atoms with Gasteiger partial charge in [0.2, 0.25) is 0 Å². The molecule has 4 heteroatoms. The van der Waals surface area contributed by atoms with Crippen molar-refractivity contribution in [2.45, 2.75) is 45.1 Å². The van der Waals surface area contributed by atoms with Gasteiger partial charge in [-0.25, -0.2) is 4.98 Å². The minimum Gasteiger partial charge on any atom is -0.304 e. The number of likely N-dealkylation sites (N-methyl/N-ethyl adjacent to an activating group) is 1. The van der Waals surface area contributed by atoms with Crippen LogP contribution in [-0.2, 0) is 5.54 Å². The molecule has 1 atom stereocenters. The molecule has 1 aromatic rings. The van der Waals surface area contributed by atoms with Crippen molar-refractivity contribution < 1.29 is 0 Å². The molecule has 3 aliphatic rings. The third-order valence-electron chi connectivity index (χ3n) is 4.74. The zero-order valence-corrected chi connectivity index (χ0v) is 13.1.